The fraction of sp³-hybridized carbons (Fsp3) is 0.600. The number of carboxylic acids is 11. The Morgan fingerprint density at radius 3 is 1.49 bits per heavy atom. The van der Waals surface area contributed by atoms with Crippen LogP contribution in [0, 0.1) is 0 Å². The van der Waals surface area contributed by atoms with Gasteiger partial charge in [-0.15, -0.1) is 5.10 Å². The molecular weight excluding hydrogens is 1540 g/mol. The molecule has 0 aliphatic carbocycles. The van der Waals surface area contributed by atoms with Gasteiger partial charge in [-0.25, -0.2) is 19.4 Å². The van der Waals surface area contributed by atoms with Gasteiger partial charge >= 0.3 is 71.7 Å². The van der Waals surface area contributed by atoms with Crippen molar-refractivity contribution in [2.75, 3.05) is 111 Å². The van der Waals surface area contributed by atoms with Crippen molar-refractivity contribution in [3.8, 4) is 5.75 Å². The number of carbonyl (C=O) groups excluding carboxylic acids is 6. The van der Waals surface area contributed by atoms with Gasteiger partial charge in [0.1, 0.15) is 55.6 Å². The number of unbranched alkanes of at least 4 members (excludes halogenated alkanes) is 3. The number of imidazole rings is 1. The molecule has 2 aromatic heterocycles. The van der Waals surface area contributed by atoms with Gasteiger partial charge in [-0.3, -0.25) is 96.3 Å². The van der Waals surface area contributed by atoms with E-state index in [0.29, 0.717) is 55.1 Å². The number of aryl methyl sites for hydroxylation is 1. The molecule has 0 spiro atoms. The zero-order chi connectivity index (χ0) is 86.1. The largest absolute Gasteiger partial charge is 0.487 e. The number of aliphatic carboxylic acids is 11. The molecule has 46 heteroatoms. The lowest BCUT2D eigenvalue weighted by molar-refractivity contribution is -0.148. The zero-order valence-electron chi connectivity index (χ0n) is 64.0. The van der Waals surface area contributed by atoms with Crippen molar-refractivity contribution in [2.24, 2.45) is 0 Å². The molecule has 3 heterocycles. The second-order valence-electron chi connectivity index (χ2n) is 28.1. The molecule has 7 amide bonds. The SMILES string of the molecule is CC(CC(=O)O)(CC(=O)O)NC(=O)CN(CC(=O)NC(CC(=O)O)(CC(=O)O)CC(=O)O)C(=O)Cn1ccnc1CN(CCCCCC(=O)NCCCC[C@H](NC(=O)N[C@@H](CCC(=O)O)C(=O)O)C(=O)O)Cc1ccc(OCc2cn(CCCNC(=O)CN3CCN(CC(=O)O)CCN(CC(=O)O)CCN(CC(=O)O)CC3)nn2)cc1. The minimum atomic E-state index is -2.47. The molecule has 0 unspecified atom stereocenters. The Hall–Kier alpha value is -12.0. The highest BCUT2D eigenvalue weighted by Crippen LogP contribution is 2.23. The van der Waals surface area contributed by atoms with Crippen molar-refractivity contribution >= 4 is 101 Å². The average molecular weight is 1650 g/mol. The van der Waals surface area contributed by atoms with Crippen LogP contribution in [-0.2, 0) is 109 Å². The van der Waals surface area contributed by atoms with Gasteiger partial charge in [-0.05, 0) is 76.1 Å². The van der Waals surface area contributed by atoms with E-state index in [1.165, 1.54) is 17.0 Å². The van der Waals surface area contributed by atoms with Crippen molar-refractivity contribution in [3.63, 3.8) is 0 Å². The van der Waals surface area contributed by atoms with Gasteiger partial charge in [-0.1, -0.05) is 23.8 Å². The van der Waals surface area contributed by atoms with Crippen LogP contribution in [0.1, 0.15) is 120 Å². The van der Waals surface area contributed by atoms with E-state index in [-0.39, 0.29) is 155 Å². The van der Waals surface area contributed by atoms with Crippen LogP contribution in [-0.4, -0.2) is 346 Å². The quantitative estimate of drug-likeness (QED) is 0.0249. The summed E-state index contributed by atoms with van der Waals surface area (Å²) in [6.45, 7) is 0.257. The summed E-state index contributed by atoms with van der Waals surface area (Å²) >= 11 is 0. The number of nitrogens with one attached hydrogen (secondary N) is 6. The number of ether oxygens (including phenoxy) is 1. The van der Waals surface area contributed by atoms with Crippen LogP contribution >= 0.6 is 0 Å². The maximum atomic E-state index is 14.5. The lowest BCUT2D eigenvalue weighted by Gasteiger charge is -2.32. The third-order valence-electron chi connectivity index (χ3n) is 17.9. The molecule has 1 aromatic carbocycles. The number of amides is 7. The number of benzene rings is 1. The number of hydrogen-bond donors (Lipinski definition) is 17. The van der Waals surface area contributed by atoms with Crippen molar-refractivity contribution in [1.82, 2.24) is 85.8 Å². The topological polar surface area (TPSA) is 662 Å². The van der Waals surface area contributed by atoms with E-state index in [1.54, 1.807) is 54.7 Å². The standard InChI is InChI=1S/C70H103N17O29/c1-69(30-58(95)96,31-59(97)98)76-54(90)39-86(40-55(91)77-70(32-60(99)100,33-61(101)102)34-62(103)104)56(92)41-85-21-18-71-51(85)37-84(19-6-2-3-9-52(88)72-16-5-4-8-49(66(111)112)74-68(115)75-50(67(113)114)14-15-57(93)94)35-46-10-12-48(13-11-46)116-45-47-36-87(79-78-47)20-7-17-73-53(89)38-80-22-24-81(42-63(105)106)26-28-83(44-65(109)110)29-27-82(25-23-80)43-64(107)108/h10-13,18,21,36,49-50H,2-9,14-17,19-20,22-35,37-45H2,1H3,(H,72,88)(H,73,89)(H,76,90)(H,77,91)(H,93,94)(H,95,96)(H,97,98)(H,99,100)(H,101,102)(H,103,104)(H,105,106)(H,107,108)(H,109,110)(H,111,112)(H,113,114)(H2,74,75,115)/t49-,50-/m0/s1. The number of urea groups is 1. The predicted molar refractivity (Wildman–Crippen MR) is 395 cm³/mol. The van der Waals surface area contributed by atoms with Crippen LogP contribution in [0.2, 0.25) is 0 Å². The number of nitrogens with zero attached hydrogens (tertiary/aromatic N) is 11. The van der Waals surface area contributed by atoms with Gasteiger partial charge < -0.3 is 102 Å². The van der Waals surface area contributed by atoms with Crippen LogP contribution in [0.25, 0.3) is 0 Å². The molecule has 17 N–H and O–H groups in total. The van der Waals surface area contributed by atoms with Crippen LogP contribution in [0.5, 0.6) is 5.75 Å². The van der Waals surface area contributed by atoms with Gasteiger partial charge in [0.05, 0.1) is 82.1 Å². The third kappa shape index (κ3) is 40.1. The van der Waals surface area contributed by atoms with Crippen molar-refractivity contribution in [1.29, 1.82) is 0 Å². The number of carbonyl (C=O) groups is 17. The van der Waals surface area contributed by atoms with E-state index >= 15 is 0 Å². The second-order valence-corrected chi connectivity index (χ2v) is 28.1. The van der Waals surface area contributed by atoms with E-state index in [9.17, 15) is 133 Å². The van der Waals surface area contributed by atoms with Gasteiger partial charge in [0, 0.05) is 104 Å². The lowest BCUT2D eigenvalue weighted by Crippen LogP contribution is -2.57. The highest BCUT2D eigenvalue weighted by atomic mass is 16.5. The summed E-state index contributed by atoms with van der Waals surface area (Å²) in [4.78, 5) is 223. The molecular formula is C70H103N17O29. The maximum absolute atomic E-state index is 14.5. The number of rotatable bonds is 55. The van der Waals surface area contributed by atoms with Crippen LogP contribution in [0.4, 0.5) is 4.79 Å². The van der Waals surface area contributed by atoms with E-state index in [2.05, 4.69) is 41.9 Å². The maximum Gasteiger partial charge on any atom is 0.326 e. The van der Waals surface area contributed by atoms with Crippen LogP contribution < -0.4 is 36.6 Å². The Kier molecular flexibility index (Phi) is 41.2. The number of hydrogen-bond acceptors (Lipinski definition) is 26. The lowest BCUT2D eigenvalue weighted by atomic mass is 9.87. The molecule has 46 nitrogen and oxygen atoms in total. The minimum Gasteiger partial charge on any atom is -0.487 e. The monoisotopic (exact) mass is 1650 g/mol. The Bertz CT molecular complexity index is 3770. The first-order chi connectivity index (χ1) is 54.7. The van der Waals surface area contributed by atoms with Crippen LogP contribution in [0.15, 0.2) is 42.9 Å². The van der Waals surface area contributed by atoms with E-state index in [4.69, 9.17) is 9.84 Å². The Morgan fingerprint density at radius 2 is 0.991 bits per heavy atom. The second kappa shape index (κ2) is 49.6. The molecule has 0 radical (unpaired) electrons. The molecule has 4 rings (SSSR count). The number of aromatic nitrogens is 5. The first kappa shape index (κ1) is 96.3. The molecule has 1 fully saturated rings. The Balaban J connectivity index is 1.47. The van der Waals surface area contributed by atoms with Gasteiger partial charge in [0.15, 0.2) is 0 Å². The zero-order valence-corrected chi connectivity index (χ0v) is 64.0. The van der Waals surface area contributed by atoms with Gasteiger partial charge in [0.2, 0.25) is 29.5 Å². The van der Waals surface area contributed by atoms with Crippen molar-refractivity contribution < 1.29 is 142 Å². The van der Waals surface area contributed by atoms with Crippen molar-refractivity contribution in [3.05, 3.63) is 59.9 Å². The van der Waals surface area contributed by atoms with Crippen LogP contribution in [0.3, 0.4) is 0 Å². The Morgan fingerprint density at radius 1 is 0.500 bits per heavy atom. The molecule has 1 saturated heterocycles. The first-order valence-electron chi connectivity index (χ1n) is 36.9. The van der Waals surface area contributed by atoms with E-state index in [0.717, 1.165) is 12.5 Å². The molecule has 642 valence electrons. The summed E-state index contributed by atoms with van der Waals surface area (Å²) < 4.78 is 8.96. The van der Waals surface area contributed by atoms with Crippen molar-refractivity contribution in [2.45, 2.75) is 159 Å². The fourth-order valence-electron chi connectivity index (χ4n) is 12.5. The predicted octanol–water partition coefficient (Wildman–Crippen LogP) is -3.11. The molecule has 3 aromatic rings. The highest BCUT2D eigenvalue weighted by Gasteiger charge is 2.41. The number of carboxylic acid groups (broad SMARTS) is 11. The molecule has 1 aliphatic rings. The summed E-state index contributed by atoms with van der Waals surface area (Å²) in [5.41, 5.74) is -3.24. The molecule has 0 bridgehead atoms. The van der Waals surface area contributed by atoms with E-state index in [1.807, 2.05) is 10.2 Å². The molecule has 1 aliphatic heterocycles. The third-order valence-corrected chi connectivity index (χ3v) is 17.9. The molecule has 2 atom stereocenters. The molecule has 116 heavy (non-hydrogen) atoms. The van der Waals surface area contributed by atoms with Gasteiger partial charge in [0.25, 0.3) is 0 Å². The smallest absolute Gasteiger partial charge is 0.326 e. The summed E-state index contributed by atoms with van der Waals surface area (Å²) in [6, 6.07) is 2.76. The normalized spacial score (nSPS) is 13.9. The fourth-order valence-corrected chi connectivity index (χ4v) is 12.5. The summed E-state index contributed by atoms with van der Waals surface area (Å²) in [5, 5.41) is 127. The summed E-state index contributed by atoms with van der Waals surface area (Å²) in [6.07, 6.45) is 0.0894. The Labute approximate surface area is 663 Å². The van der Waals surface area contributed by atoms with Gasteiger partial charge in [-0.2, -0.15) is 0 Å². The minimum absolute atomic E-state index is 0.00278. The summed E-state index contributed by atoms with van der Waals surface area (Å²) in [7, 11) is 0. The van der Waals surface area contributed by atoms with E-state index < -0.39 is 177 Å². The highest BCUT2D eigenvalue weighted by molar-refractivity contribution is 5.91. The molecule has 0 saturated carbocycles. The first-order valence-corrected chi connectivity index (χ1v) is 36.9. The average Bonchev–Trinajstić information content (AvgIpc) is 0.895. The summed E-state index contributed by atoms with van der Waals surface area (Å²) in [5.74, 6) is -19.2.